The standard InChI is InChI=1S/C14H19N3O2/c1-9(2)14-16-13(17-19-14)8-18-12-6-4-11(5-7-12)10(3)15/h4-7,9-10H,8,15H2,1-3H3. The quantitative estimate of drug-likeness (QED) is 0.895. The van der Waals surface area contributed by atoms with Crippen LogP contribution in [0.15, 0.2) is 28.8 Å². The Morgan fingerprint density at radius 1 is 1.21 bits per heavy atom. The van der Waals surface area contributed by atoms with Gasteiger partial charge in [0.25, 0.3) is 0 Å². The van der Waals surface area contributed by atoms with E-state index in [4.69, 9.17) is 15.0 Å². The lowest BCUT2D eigenvalue weighted by molar-refractivity contribution is 0.284. The fourth-order valence-corrected chi connectivity index (χ4v) is 1.58. The molecule has 0 amide bonds. The second-order valence-electron chi connectivity index (χ2n) is 4.85. The van der Waals surface area contributed by atoms with Gasteiger partial charge in [-0.15, -0.1) is 0 Å². The van der Waals surface area contributed by atoms with Gasteiger partial charge in [0.15, 0.2) is 6.61 Å². The van der Waals surface area contributed by atoms with Crippen molar-refractivity contribution in [3.63, 3.8) is 0 Å². The molecule has 1 aromatic carbocycles. The monoisotopic (exact) mass is 261 g/mol. The van der Waals surface area contributed by atoms with Crippen LogP contribution in [-0.4, -0.2) is 10.1 Å². The summed E-state index contributed by atoms with van der Waals surface area (Å²) >= 11 is 0. The Hall–Kier alpha value is -1.88. The summed E-state index contributed by atoms with van der Waals surface area (Å²) in [4.78, 5) is 4.25. The number of hydrogen-bond donors (Lipinski definition) is 1. The molecule has 0 saturated carbocycles. The zero-order valence-corrected chi connectivity index (χ0v) is 11.5. The second kappa shape index (κ2) is 5.84. The molecule has 0 aliphatic heterocycles. The molecule has 19 heavy (non-hydrogen) atoms. The van der Waals surface area contributed by atoms with Gasteiger partial charge in [0.2, 0.25) is 11.7 Å². The number of aromatic nitrogens is 2. The lowest BCUT2D eigenvalue weighted by Crippen LogP contribution is -2.04. The molecule has 0 radical (unpaired) electrons. The average molecular weight is 261 g/mol. The predicted octanol–water partition coefficient (Wildman–Crippen LogP) is 2.79. The number of rotatable bonds is 5. The van der Waals surface area contributed by atoms with Gasteiger partial charge in [-0.1, -0.05) is 31.1 Å². The topological polar surface area (TPSA) is 74.2 Å². The van der Waals surface area contributed by atoms with Gasteiger partial charge >= 0.3 is 0 Å². The summed E-state index contributed by atoms with van der Waals surface area (Å²) in [5, 5.41) is 3.87. The molecule has 1 unspecified atom stereocenters. The SMILES string of the molecule is CC(C)c1nc(COc2ccc(C(C)N)cc2)no1. The summed E-state index contributed by atoms with van der Waals surface area (Å²) in [6.07, 6.45) is 0. The Labute approximate surface area is 112 Å². The van der Waals surface area contributed by atoms with Crippen LogP contribution in [0.2, 0.25) is 0 Å². The third kappa shape index (κ3) is 3.54. The van der Waals surface area contributed by atoms with E-state index in [2.05, 4.69) is 10.1 Å². The Balaban J connectivity index is 1.94. The number of ether oxygens (including phenoxy) is 1. The molecule has 1 heterocycles. The van der Waals surface area contributed by atoms with Crippen LogP contribution >= 0.6 is 0 Å². The van der Waals surface area contributed by atoms with E-state index in [0.717, 1.165) is 11.3 Å². The molecule has 5 nitrogen and oxygen atoms in total. The fraction of sp³-hybridized carbons (Fsp3) is 0.429. The summed E-state index contributed by atoms with van der Waals surface area (Å²) in [5.41, 5.74) is 6.86. The normalized spacial score (nSPS) is 12.7. The molecule has 1 aromatic heterocycles. The number of nitrogens with zero attached hydrogens (tertiary/aromatic N) is 2. The van der Waals surface area contributed by atoms with Gasteiger partial charge in [0, 0.05) is 12.0 Å². The molecule has 102 valence electrons. The maximum absolute atomic E-state index is 5.79. The highest BCUT2D eigenvalue weighted by atomic mass is 16.5. The van der Waals surface area contributed by atoms with Crippen LogP contribution in [0, 0.1) is 0 Å². The van der Waals surface area contributed by atoms with E-state index >= 15 is 0 Å². The minimum Gasteiger partial charge on any atom is -0.485 e. The summed E-state index contributed by atoms with van der Waals surface area (Å²) in [7, 11) is 0. The van der Waals surface area contributed by atoms with Crippen molar-refractivity contribution in [2.75, 3.05) is 0 Å². The first kappa shape index (κ1) is 13.5. The zero-order valence-electron chi connectivity index (χ0n) is 11.5. The lowest BCUT2D eigenvalue weighted by Gasteiger charge is -2.07. The smallest absolute Gasteiger partial charge is 0.229 e. The summed E-state index contributed by atoms with van der Waals surface area (Å²) in [6, 6.07) is 7.72. The number of nitrogens with two attached hydrogens (primary N) is 1. The van der Waals surface area contributed by atoms with Gasteiger partial charge in [0.05, 0.1) is 0 Å². The third-order valence-corrected chi connectivity index (χ3v) is 2.75. The van der Waals surface area contributed by atoms with Crippen molar-refractivity contribution in [1.29, 1.82) is 0 Å². The third-order valence-electron chi connectivity index (χ3n) is 2.75. The Kier molecular flexibility index (Phi) is 4.16. The fourth-order valence-electron chi connectivity index (χ4n) is 1.58. The first-order valence-electron chi connectivity index (χ1n) is 6.37. The van der Waals surface area contributed by atoms with Gasteiger partial charge in [-0.05, 0) is 24.6 Å². The van der Waals surface area contributed by atoms with Crippen LogP contribution in [-0.2, 0) is 6.61 Å². The van der Waals surface area contributed by atoms with Crippen molar-refractivity contribution < 1.29 is 9.26 Å². The van der Waals surface area contributed by atoms with Crippen LogP contribution in [0.4, 0.5) is 0 Å². The van der Waals surface area contributed by atoms with Crippen LogP contribution in [0.25, 0.3) is 0 Å². The molecule has 2 aromatic rings. The molecule has 2 N–H and O–H groups in total. The summed E-state index contributed by atoms with van der Waals surface area (Å²) in [5.74, 6) is 2.18. The second-order valence-corrected chi connectivity index (χ2v) is 4.85. The molecule has 0 fully saturated rings. The van der Waals surface area contributed by atoms with Gasteiger partial charge in [-0.25, -0.2) is 0 Å². The van der Waals surface area contributed by atoms with E-state index in [1.165, 1.54) is 0 Å². The molecule has 2 rings (SSSR count). The highest BCUT2D eigenvalue weighted by Crippen LogP contribution is 2.17. The predicted molar refractivity (Wildman–Crippen MR) is 71.8 cm³/mol. The van der Waals surface area contributed by atoms with Crippen molar-refractivity contribution in [3.8, 4) is 5.75 Å². The zero-order chi connectivity index (χ0) is 13.8. The van der Waals surface area contributed by atoms with Crippen LogP contribution in [0.5, 0.6) is 5.75 Å². The first-order valence-corrected chi connectivity index (χ1v) is 6.37. The molecule has 5 heteroatoms. The van der Waals surface area contributed by atoms with E-state index in [0.29, 0.717) is 18.3 Å². The van der Waals surface area contributed by atoms with Crippen LogP contribution in [0.3, 0.4) is 0 Å². The summed E-state index contributed by atoms with van der Waals surface area (Å²) in [6.45, 7) is 6.26. The molecule has 0 spiro atoms. The molecular weight excluding hydrogens is 242 g/mol. The minimum atomic E-state index is 0.0276. The Morgan fingerprint density at radius 2 is 1.89 bits per heavy atom. The van der Waals surface area contributed by atoms with E-state index in [1.54, 1.807) is 0 Å². The maximum atomic E-state index is 5.79. The maximum Gasteiger partial charge on any atom is 0.229 e. The van der Waals surface area contributed by atoms with E-state index in [1.807, 2.05) is 45.0 Å². The van der Waals surface area contributed by atoms with E-state index in [9.17, 15) is 0 Å². The van der Waals surface area contributed by atoms with Crippen molar-refractivity contribution in [1.82, 2.24) is 10.1 Å². The number of benzene rings is 1. The highest BCUT2D eigenvalue weighted by Gasteiger charge is 2.10. The first-order chi connectivity index (χ1) is 9.06. The Bertz CT molecular complexity index is 518. The molecule has 0 aliphatic carbocycles. The van der Waals surface area contributed by atoms with Crippen molar-refractivity contribution in [2.45, 2.75) is 39.3 Å². The van der Waals surface area contributed by atoms with E-state index in [-0.39, 0.29) is 12.0 Å². The van der Waals surface area contributed by atoms with Crippen molar-refractivity contribution in [3.05, 3.63) is 41.5 Å². The van der Waals surface area contributed by atoms with Crippen molar-refractivity contribution in [2.24, 2.45) is 5.73 Å². The lowest BCUT2D eigenvalue weighted by atomic mass is 10.1. The molecule has 1 atom stereocenters. The largest absolute Gasteiger partial charge is 0.485 e. The minimum absolute atomic E-state index is 0.0276. The average Bonchev–Trinajstić information content (AvgIpc) is 2.86. The molecular formula is C14H19N3O2. The van der Waals surface area contributed by atoms with Gasteiger partial charge < -0.3 is 15.0 Å². The van der Waals surface area contributed by atoms with Gasteiger partial charge in [-0.2, -0.15) is 4.98 Å². The van der Waals surface area contributed by atoms with Gasteiger partial charge in [0.1, 0.15) is 5.75 Å². The van der Waals surface area contributed by atoms with Crippen molar-refractivity contribution >= 4 is 0 Å². The van der Waals surface area contributed by atoms with E-state index < -0.39 is 0 Å². The number of hydrogen-bond acceptors (Lipinski definition) is 5. The molecule has 0 aliphatic rings. The molecule has 0 saturated heterocycles. The molecule has 0 bridgehead atoms. The van der Waals surface area contributed by atoms with Crippen LogP contribution in [0.1, 0.15) is 50.0 Å². The van der Waals surface area contributed by atoms with Gasteiger partial charge in [-0.3, -0.25) is 0 Å². The Morgan fingerprint density at radius 3 is 2.42 bits per heavy atom. The highest BCUT2D eigenvalue weighted by molar-refractivity contribution is 5.28. The summed E-state index contributed by atoms with van der Waals surface area (Å²) < 4.78 is 10.7. The van der Waals surface area contributed by atoms with Crippen LogP contribution < -0.4 is 10.5 Å².